The minimum atomic E-state index is 0.0436. The van der Waals surface area contributed by atoms with E-state index in [1.807, 2.05) is 0 Å². The molecule has 2 aliphatic rings. The molecule has 2 N–H and O–H groups in total. The van der Waals surface area contributed by atoms with Crippen molar-refractivity contribution in [3.05, 3.63) is 22.8 Å². The monoisotopic (exact) mass is 302 g/mol. The Morgan fingerprint density at radius 3 is 2.95 bits per heavy atom. The SMILES string of the molecule is CC(=O)NCCC1c2c3c(cc(C)c2NC1C)OCC(C)C3. The molecule has 1 aromatic carbocycles. The number of anilines is 1. The van der Waals surface area contributed by atoms with Crippen LogP contribution in [0, 0.1) is 12.8 Å². The average Bonchev–Trinajstić information content (AvgIpc) is 2.78. The molecule has 2 aliphatic heterocycles. The average molecular weight is 302 g/mol. The van der Waals surface area contributed by atoms with Crippen molar-refractivity contribution in [3.63, 3.8) is 0 Å². The molecule has 120 valence electrons. The maximum Gasteiger partial charge on any atom is 0.216 e. The number of benzene rings is 1. The third kappa shape index (κ3) is 2.67. The van der Waals surface area contributed by atoms with Gasteiger partial charge in [-0.25, -0.2) is 0 Å². The van der Waals surface area contributed by atoms with Crippen LogP contribution in [-0.4, -0.2) is 25.1 Å². The molecule has 3 atom stereocenters. The Morgan fingerprint density at radius 2 is 2.23 bits per heavy atom. The topological polar surface area (TPSA) is 50.4 Å². The summed E-state index contributed by atoms with van der Waals surface area (Å²) in [6, 6.07) is 2.57. The van der Waals surface area contributed by atoms with Gasteiger partial charge in [0, 0.05) is 36.7 Å². The Labute approximate surface area is 132 Å². The molecule has 2 heterocycles. The molecule has 3 unspecified atom stereocenters. The van der Waals surface area contributed by atoms with Gasteiger partial charge >= 0.3 is 0 Å². The first-order valence-corrected chi connectivity index (χ1v) is 8.27. The molecule has 22 heavy (non-hydrogen) atoms. The van der Waals surface area contributed by atoms with Gasteiger partial charge in [0.05, 0.1) is 6.61 Å². The van der Waals surface area contributed by atoms with Gasteiger partial charge in [0.25, 0.3) is 0 Å². The van der Waals surface area contributed by atoms with E-state index in [1.54, 1.807) is 6.92 Å². The lowest BCUT2D eigenvalue weighted by atomic mass is 9.84. The molecule has 3 rings (SSSR count). The van der Waals surface area contributed by atoms with E-state index in [4.69, 9.17) is 4.74 Å². The molecule has 0 fully saturated rings. The number of hydrogen-bond acceptors (Lipinski definition) is 3. The van der Waals surface area contributed by atoms with E-state index in [2.05, 4.69) is 37.5 Å². The van der Waals surface area contributed by atoms with E-state index in [0.29, 0.717) is 17.9 Å². The van der Waals surface area contributed by atoms with Gasteiger partial charge in [-0.2, -0.15) is 0 Å². The van der Waals surface area contributed by atoms with Crippen molar-refractivity contribution >= 4 is 11.6 Å². The predicted molar refractivity (Wildman–Crippen MR) is 88.7 cm³/mol. The zero-order valence-electron chi connectivity index (χ0n) is 14.0. The predicted octanol–water partition coefficient (Wildman–Crippen LogP) is 2.99. The first-order valence-electron chi connectivity index (χ1n) is 8.27. The number of ether oxygens (including phenoxy) is 1. The molecule has 1 aromatic rings. The van der Waals surface area contributed by atoms with E-state index in [0.717, 1.165) is 31.7 Å². The summed E-state index contributed by atoms with van der Waals surface area (Å²) in [5.74, 6) is 2.10. The zero-order valence-corrected chi connectivity index (χ0v) is 14.0. The van der Waals surface area contributed by atoms with E-state index in [9.17, 15) is 4.79 Å². The van der Waals surface area contributed by atoms with Gasteiger partial charge in [0.15, 0.2) is 0 Å². The summed E-state index contributed by atoms with van der Waals surface area (Å²) in [5.41, 5.74) is 5.36. The molecule has 0 bridgehead atoms. The number of carbonyl (C=O) groups excluding carboxylic acids is 1. The Morgan fingerprint density at radius 1 is 1.45 bits per heavy atom. The molecular formula is C18H26N2O2. The molecule has 4 nitrogen and oxygen atoms in total. The van der Waals surface area contributed by atoms with E-state index in [1.165, 1.54) is 22.4 Å². The fourth-order valence-corrected chi connectivity index (χ4v) is 3.81. The summed E-state index contributed by atoms with van der Waals surface area (Å²) in [5, 5.41) is 6.58. The van der Waals surface area contributed by atoms with Gasteiger partial charge in [0.1, 0.15) is 5.75 Å². The van der Waals surface area contributed by atoms with Gasteiger partial charge < -0.3 is 15.4 Å². The summed E-state index contributed by atoms with van der Waals surface area (Å²) >= 11 is 0. The maximum atomic E-state index is 11.1. The molecule has 4 heteroatoms. The Bertz CT molecular complexity index is 597. The lowest BCUT2D eigenvalue weighted by Gasteiger charge is -2.27. The van der Waals surface area contributed by atoms with Crippen LogP contribution >= 0.6 is 0 Å². The van der Waals surface area contributed by atoms with Crippen LogP contribution in [0.15, 0.2) is 6.07 Å². The molecule has 0 spiro atoms. The highest BCUT2D eigenvalue weighted by atomic mass is 16.5. The molecule has 0 saturated carbocycles. The van der Waals surface area contributed by atoms with Crippen molar-refractivity contribution in [1.29, 1.82) is 0 Å². The summed E-state index contributed by atoms with van der Waals surface area (Å²) in [7, 11) is 0. The van der Waals surface area contributed by atoms with Crippen molar-refractivity contribution < 1.29 is 9.53 Å². The van der Waals surface area contributed by atoms with Crippen molar-refractivity contribution in [2.45, 2.75) is 52.5 Å². The minimum absolute atomic E-state index is 0.0436. The van der Waals surface area contributed by atoms with Crippen LogP contribution in [0.1, 0.15) is 49.8 Å². The normalized spacial score (nSPS) is 25.7. The summed E-state index contributed by atoms with van der Waals surface area (Å²) < 4.78 is 5.97. The van der Waals surface area contributed by atoms with E-state index >= 15 is 0 Å². The molecule has 0 aromatic heterocycles. The standard InChI is InChI=1S/C18H26N2O2/c1-10-7-15-16(22-9-10)8-11(2)18-17(15)14(12(3)20-18)5-6-19-13(4)21/h8,10,12,14,20H,5-7,9H2,1-4H3,(H,19,21). The van der Waals surface area contributed by atoms with E-state index in [-0.39, 0.29) is 5.91 Å². The summed E-state index contributed by atoms with van der Waals surface area (Å²) in [6.45, 7) is 9.74. The number of aryl methyl sites for hydroxylation is 1. The second-order valence-electron chi connectivity index (χ2n) is 6.89. The Hall–Kier alpha value is -1.71. The molecule has 0 radical (unpaired) electrons. The quantitative estimate of drug-likeness (QED) is 0.902. The van der Waals surface area contributed by atoms with Crippen molar-refractivity contribution in [3.8, 4) is 5.75 Å². The number of fused-ring (bicyclic) bond motifs is 3. The van der Waals surface area contributed by atoms with Crippen LogP contribution in [0.25, 0.3) is 0 Å². The fourth-order valence-electron chi connectivity index (χ4n) is 3.81. The highest BCUT2D eigenvalue weighted by molar-refractivity contribution is 5.73. The van der Waals surface area contributed by atoms with Gasteiger partial charge in [-0.15, -0.1) is 0 Å². The van der Waals surface area contributed by atoms with Gasteiger partial charge in [-0.05, 0) is 49.8 Å². The number of carbonyl (C=O) groups is 1. The lowest BCUT2D eigenvalue weighted by Crippen LogP contribution is -2.26. The fraction of sp³-hybridized carbons (Fsp3) is 0.611. The highest BCUT2D eigenvalue weighted by Crippen LogP contribution is 2.47. The molecule has 1 amide bonds. The largest absolute Gasteiger partial charge is 0.493 e. The third-order valence-electron chi connectivity index (χ3n) is 4.89. The number of nitrogens with one attached hydrogen (secondary N) is 2. The molecule has 0 saturated heterocycles. The van der Waals surface area contributed by atoms with Crippen LogP contribution in [0.2, 0.25) is 0 Å². The number of rotatable bonds is 3. The van der Waals surface area contributed by atoms with Crippen LogP contribution in [0.3, 0.4) is 0 Å². The van der Waals surface area contributed by atoms with Crippen molar-refractivity contribution in [2.24, 2.45) is 5.92 Å². The number of hydrogen-bond donors (Lipinski definition) is 2. The van der Waals surface area contributed by atoms with Gasteiger partial charge in [-0.1, -0.05) is 6.92 Å². The second-order valence-corrected chi connectivity index (χ2v) is 6.89. The molecular weight excluding hydrogens is 276 g/mol. The van der Waals surface area contributed by atoms with Gasteiger partial charge in [0.2, 0.25) is 5.91 Å². The third-order valence-corrected chi connectivity index (χ3v) is 4.89. The maximum absolute atomic E-state index is 11.1. The first-order chi connectivity index (χ1) is 10.5. The van der Waals surface area contributed by atoms with E-state index < -0.39 is 0 Å². The van der Waals surface area contributed by atoms with Crippen LogP contribution in [-0.2, 0) is 11.2 Å². The molecule has 0 aliphatic carbocycles. The van der Waals surface area contributed by atoms with Crippen molar-refractivity contribution in [2.75, 3.05) is 18.5 Å². The van der Waals surface area contributed by atoms with Gasteiger partial charge in [-0.3, -0.25) is 4.79 Å². The van der Waals surface area contributed by atoms with Crippen LogP contribution < -0.4 is 15.4 Å². The van der Waals surface area contributed by atoms with Crippen LogP contribution in [0.4, 0.5) is 5.69 Å². The second kappa shape index (κ2) is 5.82. The number of amides is 1. The Balaban J connectivity index is 1.94. The lowest BCUT2D eigenvalue weighted by molar-refractivity contribution is -0.118. The summed E-state index contributed by atoms with van der Waals surface area (Å²) in [6.07, 6.45) is 2.05. The van der Waals surface area contributed by atoms with Crippen molar-refractivity contribution in [1.82, 2.24) is 5.32 Å². The summed E-state index contributed by atoms with van der Waals surface area (Å²) in [4.78, 5) is 11.1. The minimum Gasteiger partial charge on any atom is -0.493 e. The van der Waals surface area contributed by atoms with Crippen LogP contribution in [0.5, 0.6) is 5.75 Å². The Kier molecular flexibility index (Phi) is 4.02. The highest BCUT2D eigenvalue weighted by Gasteiger charge is 2.35. The first kappa shape index (κ1) is 15.2. The smallest absolute Gasteiger partial charge is 0.216 e. The zero-order chi connectivity index (χ0) is 15.9.